The molecule has 7 rings (SSSR count). The molecule has 1 saturated heterocycles. The van der Waals surface area contributed by atoms with Crippen molar-refractivity contribution in [2.45, 2.75) is 108 Å². The number of ether oxygens (including phenoxy) is 7. The van der Waals surface area contributed by atoms with Crippen LogP contribution in [0.4, 0.5) is 0 Å². The Hall–Kier alpha value is -6.02. The highest BCUT2D eigenvalue weighted by Gasteiger charge is 2.78. The Balaban J connectivity index is 1.41. The fourth-order valence-electron chi connectivity index (χ4n) is 10.2. The number of furan rings is 2. The van der Waals surface area contributed by atoms with Crippen molar-refractivity contribution in [3.8, 4) is 11.5 Å². The molecule has 4 N–H and O–H groups in total. The van der Waals surface area contributed by atoms with E-state index in [0.29, 0.717) is 0 Å². The third-order valence-corrected chi connectivity index (χ3v) is 13.5. The lowest BCUT2D eigenvalue weighted by atomic mass is 9.44. The van der Waals surface area contributed by atoms with Gasteiger partial charge < -0.3 is 62.6 Å². The number of amides is 1. The SMILES string of the molecule is COc1ccc(OC)c(C(=O)O[C@H]2[C@@H]3[C@]4(OC(C)=O)CO[C@@H]4C[C@H](O)[C@@]3(C)C(=O)[C@H](OC(C)=O)C3=C(C)[C@@H](OC(=O)[C@H](O)[C@@H](NC(=O)c4ccco4)c4ccco4)C[C@]2(O)C3(C)C)c1. The number of methoxy groups -OCH3 is 2. The molecule has 1 amide bonds. The summed E-state index contributed by atoms with van der Waals surface area (Å²) < 4.78 is 51.8. The second-order valence-electron chi connectivity index (χ2n) is 17.3. The summed E-state index contributed by atoms with van der Waals surface area (Å²) in [5.74, 6) is -7.50. The molecule has 64 heavy (non-hydrogen) atoms. The van der Waals surface area contributed by atoms with E-state index in [1.165, 1.54) is 96.9 Å². The zero-order chi connectivity index (χ0) is 46.7. The van der Waals surface area contributed by atoms with Crippen LogP contribution in [0.15, 0.2) is 75.0 Å². The molecule has 2 saturated carbocycles. The van der Waals surface area contributed by atoms with Crippen LogP contribution in [-0.4, -0.2) is 120 Å². The fraction of sp³-hybridized carbons (Fsp3) is 0.511. The highest BCUT2D eigenvalue weighted by Crippen LogP contribution is 2.64. The van der Waals surface area contributed by atoms with E-state index in [9.17, 15) is 39.3 Å². The summed E-state index contributed by atoms with van der Waals surface area (Å²) in [6.45, 7) is 7.68. The number of fused-ring (bicyclic) bond motifs is 5. The minimum absolute atomic E-state index is 0.0333. The van der Waals surface area contributed by atoms with Crippen LogP contribution in [0.3, 0.4) is 0 Å². The number of carbonyl (C=O) groups is 6. The van der Waals surface area contributed by atoms with Gasteiger partial charge in [0.15, 0.2) is 29.4 Å². The van der Waals surface area contributed by atoms with Crippen molar-refractivity contribution in [3.63, 3.8) is 0 Å². The number of Topliss-reactive ketones (excluding diaryl/α,β-unsaturated/α-hetero) is 1. The maximum Gasteiger partial charge on any atom is 0.342 e. The average molecular weight is 894 g/mol. The quantitative estimate of drug-likeness (QED) is 0.116. The topological polar surface area (TPSA) is 266 Å². The molecule has 3 fully saturated rings. The van der Waals surface area contributed by atoms with Gasteiger partial charge in [-0.3, -0.25) is 19.2 Å². The van der Waals surface area contributed by atoms with Crippen LogP contribution in [0, 0.1) is 16.7 Å². The number of hydrogen-bond donors (Lipinski definition) is 4. The van der Waals surface area contributed by atoms with Gasteiger partial charge in [-0.15, -0.1) is 0 Å². The Morgan fingerprint density at radius 2 is 1.62 bits per heavy atom. The lowest BCUT2D eigenvalue weighted by molar-refractivity contribution is -0.346. The van der Waals surface area contributed by atoms with E-state index in [0.717, 1.165) is 13.8 Å². The van der Waals surface area contributed by atoms with Gasteiger partial charge in [0.1, 0.15) is 52.8 Å². The maximum absolute atomic E-state index is 15.6. The molecule has 1 aliphatic heterocycles. The first kappa shape index (κ1) is 46.0. The molecule has 3 heterocycles. The van der Waals surface area contributed by atoms with E-state index in [1.54, 1.807) is 0 Å². The third kappa shape index (κ3) is 7.33. The van der Waals surface area contributed by atoms with Crippen LogP contribution in [0.5, 0.6) is 11.5 Å². The summed E-state index contributed by atoms with van der Waals surface area (Å²) in [6.07, 6.45) is -8.66. The van der Waals surface area contributed by atoms with E-state index in [2.05, 4.69) is 5.32 Å². The van der Waals surface area contributed by atoms with Crippen LogP contribution in [0.25, 0.3) is 0 Å². The Morgan fingerprint density at radius 1 is 0.922 bits per heavy atom. The average Bonchev–Trinajstić information content (AvgIpc) is 3.99. The highest BCUT2D eigenvalue weighted by molar-refractivity contribution is 5.96. The second kappa shape index (κ2) is 16.8. The van der Waals surface area contributed by atoms with E-state index in [4.69, 9.17) is 42.0 Å². The summed E-state index contributed by atoms with van der Waals surface area (Å²) in [7, 11) is 2.68. The minimum Gasteiger partial charge on any atom is -0.497 e. The lowest BCUT2D eigenvalue weighted by Crippen LogP contribution is -2.82. The predicted octanol–water partition coefficient (Wildman–Crippen LogP) is 2.94. The van der Waals surface area contributed by atoms with E-state index >= 15 is 4.79 Å². The molecule has 19 heteroatoms. The van der Waals surface area contributed by atoms with Gasteiger partial charge >= 0.3 is 23.9 Å². The molecule has 2 bridgehead atoms. The third-order valence-electron chi connectivity index (χ3n) is 13.5. The smallest absolute Gasteiger partial charge is 0.342 e. The summed E-state index contributed by atoms with van der Waals surface area (Å²) in [6, 6.07) is 8.44. The highest BCUT2D eigenvalue weighted by atomic mass is 16.6. The molecule has 11 atom stereocenters. The van der Waals surface area contributed by atoms with Crippen LogP contribution < -0.4 is 14.8 Å². The summed E-state index contributed by atoms with van der Waals surface area (Å²) in [4.78, 5) is 83.7. The zero-order valence-corrected chi connectivity index (χ0v) is 36.4. The Bertz CT molecular complexity index is 2350. The largest absolute Gasteiger partial charge is 0.497 e. The van der Waals surface area contributed by atoms with Crippen molar-refractivity contribution >= 4 is 35.6 Å². The van der Waals surface area contributed by atoms with Crippen molar-refractivity contribution in [2.75, 3.05) is 20.8 Å². The normalized spacial score (nSPS) is 31.3. The van der Waals surface area contributed by atoms with Gasteiger partial charge in [-0.05, 0) is 67.5 Å². The number of esters is 4. The molecule has 1 aromatic carbocycles. The molecule has 3 aliphatic carbocycles. The Morgan fingerprint density at radius 3 is 2.20 bits per heavy atom. The molecular formula is C45H51NO18. The molecular weight excluding hydrogens is 842 g/mol. The first-order valence-corrected chi connectivity index (χ1v) is 20.5. The number of nitrogens with one attached hydrogen (secondary N) is 1. The van der Waals surface area contributed by atoms with Gasteiger partial charge in [0.05, 0.1) is 50.8 Å². The minimum atomic E-state index is -2.50. The van der Waals surface area contributed by atoms with E-state index in [-0.39, 0.29) is 52.8 Å². The molecule has 4 aliphatic rings. The molecule has 2 aromatic heterocycles. The number of ketones is 1. The Kier molecular flexibility index (Phi) is 12.1. The van der Waals surface area contributed by atoms with Crippen molar-refractivity contribution in [2.24, 2.45) is 16.7 Å². The van der Waals surface area contributed by atoms with Crippen molar-refractivity contribution in [3.05, 3.63) is 83.2 Å². The monoisotopic (exact) mass is 893 g/mol. The van der Waals surface area contributed by atoms with E-state index in [1.807, 2.05) is 0 Å². The number of hydrogen-bond acceptors (Lipinski definition) is 18. The fourth-order valence-corrected chi connectivity index (χ4v) is 10.2. The zero-order valence-electron chi connectivity index (χ0n) is 36.4. The standard InChI is InChI=1S/C45H51NO18/c1-21-29(62-41(54)34(50)33(27-11-9-15-58-27)46-39(52)28-12-10-16-59-28)19-45(55)38(63-40(53)25-17-24(56-7)13-14-26(25)57-8)36-43(6,30(49)18-31-44(36,20-60-31)64-23(3)48)37(51)35(61-22(2)47)32(21)42(45,4)5/h9-17,29-31,33-36,38,49-50,55H,18-20H2,1-8H3,(H,46,52)/t29-,30-,31+,33-,34+,35+,36-,38-,43+,44-,45+/m0/s1. The maximum atomic E-state index is 15.6. The summed E-state index contributed by atoms with van der Waals surface area (Å²) in [5.41, 5.74) is -8.36. The van der Waals surface area contributed by atoms with Crippen LogP contribution in [0.1, 0.15) is 87.1 Å². The van der Waals surface area contributed by atoms with Gasteiger partial charge in [0.25, 0.3) is 5.91 Å². The molecule has 19 nitrogen and oxygen atoms in total. The van der Waals surface area contributed by atoms with Gasteiger partial charge in [0.2, 0.25) is 0 Å². The molecule has 3 aromatic rings. The van der Waals surface area contributed by atoms with Crippen molar-refractivity contribution < 1.29 is 86.1 Å². The molecule has 344 valence electrons. The van der Waals surface area contributed by atoms with E-state index < -0.39 is 113 Å². The number of aliphatic hydroxyl groups is 3. The number of rotatable bonds is 12. The first-order valence-electron chi connectivity index (χ1n) is 20.5. The van der Waals surface area contributed by atoms with Gasteiger partial charge in [0, 0.05) is 32.1 Å². The number of benzene rings is 1. The number of aliphatic hydroxyl groups excluding tert-OH is 2. The Labute approximate surface area is 366 Å². The lowest BCUT2D eigenvalue weighted by Gasteiger charge is -2.67. The van der Waals surface area contributed by atoms with Gasteiger partial charge in [-0.25, -0.2) is 9.59 Å². The summed E-state index contributed by atoms with van der Waals surface area (Å²) in [5, 5.41) is 40.0. The van der Waals surface area contributed by atoms with Gasteiger partial charge in [-0.2, -0.15) is 0 Å². The van der Waals surface area contributed by atoms with Crippen LogP contribution >= 0.6 is 0 Å². The molecule has 0 unspecified atom stereocenters. The second-order valence-corrected chi connectivity index (χ2v) is 17.3. The van der Waals surface area contributed by atoms with Crippen molar-refractivity contribution in [1.29, 1.82) is 0 Å². The van der Waals surface area contributed by atoms with Crippen LogP contribution in [0.2, 0.25) is 0 Å². The molecule has 0 radical (unpaired) electrons. The predicted molar refractivity (Wildman–Crippen MR) is 215 cm³/mol. The van der Waals surface area contributed by atoms with Crippen molar-refractivity contribution in [1.82, 2.24) is 5.32 Å². The molecule has 0 spiro atoms. The van der Waals surface area contributed by atoms with Crippen LogP contribution in [-0.2, 0) is 42.9 Å². The number of carbonyl (C=O) groups excluding carboxylic acids is 6. The first-order chi connectivity index (χ1) is 30.2. The van der Waals surface area contributed by atoms with Gasteiger partial charge in [-0.1, -0.05) is 13.8 Å². The summed E-state index contributed by atoms with van der Waals surface area (Å²) >= 11 is 0.